The van der Waals surface area contributed by atoms with Gasteiger partial charge >= 0.3 is 0 Å². The van der Waals surface area contributed by atoms with Gasteiger partial charge in [0.25, 0.3) is 5.91 Å². The van der Waals surface area contributed by atoms with E-state index >= 15 is 0 Å². The van der Waals surface area contributed by atoms with E-state index in [2.05, 4.69) is 14.2 Å². The molecule has 0 spiro atoms. The predicted molar refractivity (Wildman–Crippen MR) is 136 cm³/mol. The molecule has 1 amide bonds. The molecule has 1 aromatic heterocycles. The Kier molecular flexibility index (Phi) is 9.97. The number of hydrogen-bond donors (Lipinski definition) is 3. The van der Waals surface area contributed by atoms with Gasteiger partial charge in [-0.3, -0.25) is 4.79 Å². The van der Waals surface area contributed by atoms with Crippen LogP contribution in [0.2, 0.25) is 0 Å². The first kappa shape index (κ1) is 30.2. The summed E-state index contributed by atoms with van der Waals surface area (Å²) in [7, 11) is -3.78. The van der Waals surface area contributed by atoms with Crippen LogP contribution in [0.4, 0.5) is 10.1 Å². The fourth-order valence-electron chi connectivity index (χ4n) is 3.42. The van der Waals surface area contributed by atoms with E-state index in [-0.39, 0.29) is 57.9 Å². The highest BCUT2D eigenvalue weighted by Crippen LogP contribution is 2.37. The number of benzene rings is 1. The summed E-state index contributed by atoms with van der Waals surface area (Å²) in [4.78, 5) is 20.2. The molecule has 2 aromatic rings. The molecule has 1 heterocycles. The second kappa shape index (κ2) is 11.2. The van der Waals surface area contributed by atoms with Gasteiger partial charge in [0, 0.05) is 0 Å². The molecule has 0 saturated carbocycles. The van der Waals surface area contributed by atoms with Crippen molar-refractivity contribution < 1.29 is 23.6 Å². The summed E-state index contributed by atoms with van der Waals surface area (Å²) in [6, 6.07) is 1.43. The molecule has 0 fully saturated rings. The Balaban J connectivity index is 0.00000578. The van der Waals surface area contributed by atoms with Gasteiger partial charge in [0.15, 0.2) is 9.92 Å². The Morgan fingerprint density at radius 3 is 2.38 bits per heavy atom. The van der Waals surface area contributed by atoms with Gasteiger partial charge in [-0.2, -0.15) is 13.5 Å². The third-order valence-electron chi connectivity index (χ3n) is 4.91. The number of halogens is 1. The number of aliphatic hydroxyl groups is 2. The van der Waals surface area contributed by atoms with E-state index in [1.807, 2.05) is 13.8 Å². The molecule has 34 heavy (non-hydrogen) atoms. The number of aliphatic hydroxyl groups excluding tert-OH is 1. The van der Waals surface area contributed by atoms with Crippen molar-refractivity contribution in [2.45, 2.75) is 76.2 Å². The average molecular weight is 531 g/mol. The summed E-state index contributed by atoms with van der Waals surface area (Å²) in [5.74, 6) is -1.93. The molecule has 0 radical (unpaired) electrons. The number of carbonyl (C=O) groups is 1. The third kappa shape index (κ3) is 6.41. The van der Waals surface area contributed by atoms with Gasteiger partial charge in [0.2, 0.25) is 5.69 Å². The fourth-order valence-corrected chi connectivity index (χ4v) is 5.96. The minimum atomic E-state index is -3.78. The molecule has 0 aliphatic carbocycles. The Morgan fingerprint density at radius 1 is 1.35 bits per heavy atom. The summed E-state index contributed by atoms with van der Waals surface area (Å²) in [6.45, 7) is 16.9. The van der Waals surface area contributed by atoms with Crippen molar-refractivity contribution in [2.24, 2.45) is 9.50 Å². The van der Waals surface area contributed by atoms with E-state index in [1.54, 1.807) is 13.8 Å². The van der Waals surface area contributed by atoms with Crippen molar-refractivity contribution in [3.63, 3.8) is 0 Å². The van der Waals surface area contributed by atoms with Crippen LogP contribution in [0.25, 0.3) is 4.85 Å². The lowest BCUT2D eigenvalue weighted by molar-refractivity contribution is -0.117. The van der Waals surface area contributed by atoms with Crippen molar-refractivity contribution in [3.05, 3.63) is 50.7 Å². The largest absolute Gasteiger partial charge is 0.390 e. The maximum Gasteiger partial charge on any atom is 0.259 e. The average Bonchev–Trinajstić information content (AvgIpc) is 3.13. The molecule has 8 nitrogen and oxygen atoms in total. The molecular formula is C22H31FN4O4S3. The van der Waals surface area contributed by atoms with Crippen LogP contribution < -0.4 is 5.14 Å². The van der Waals surface area contributed by atoms with Crippen LogP contribution in [0.3, 0.4) is 0 Å². The smallest absolute Gasteiger partial charge is 0.259 e. The zero-order valence-electron chi connectivity index (χ0n) is 20.0. The number of rotatable bonds is 7. The van der Waals surface area contributed by atoms with Crippen LogP contribution in [-0.4, -0.2) is 25.3 Å². The van der Waals surface area contributed by atoms with Crippen LogP contribution >= 0.6 is 24.8 Å². The van der Waals surface area contributed by atoms with Crippen LogP contribution in [0.1, 0.15) is 80.8 Å². The molecule has 188 valence electrons. The quantitative estimate of drug-likeness (QED) is 0.457. The minimum absolute atomic E-state index is 0. The summed E-state index contributed by atoms with van der Waals surface area (Å²) in [5.41, 5.74) is -0.229. The molecule has 2 rings (SSSR count). The molecule has 1 atom stereocenters. The van der Waals surface area contributed by atoms with E-state index in [0.717, 1.165) is 11.3 Å². The first-order valence-electron chi connectivity index (χ1n) is 10.3. The number of nitrogens with two attached hydrogens (primary N) is 1. The molecule has 12 heteroatoms. The van der Waals surface area contributed by atoms with Crippen molar-refractivity contribution in [3.8, 4) is 0 Å². The topological polar surface area (TPSA) is 130 Å². The van der Waals surface area contributed by atoms with Crippen LogP contribution in [0.15, 0.2) is 14.6 Å². The molecule has 4 N–H and O–H groups in total. The first-order valence-corrected chi connectivity index (χ1v) is 12.7. The number of thiazole rings is 1. The number of carbonyl (C=O) groups excluding carboxylic acids is 1. The van der Waals surface area contributed by atoms with Gasteiger partial charge < -0.3 is 10.2 Å². The maximum atomic E-state index is 15.0. The van der Waals surface area contributed by atoms with Crippen LogP contribution in [0.5, 0.6) is 0 Å². The zero-order valence-corrected chi connectivity index (χ0v) is 22.6. The predicted octanol–water partition coefficient (Wildman–Crippen LogP) is 4.38. The van der Waals surface area contributed by atoms with Gasteiger partial charge in [-0.15, -0.1) is 15.7 Å². The van der Waals surface area contributed by atoms with E-state index < -0.39 is 33.8 Å². The lowest BCUT2D eigenvalue weighted by Gasteiger charge is -2.21. The maximum absolute atomic E-state index is 15.0. The summed E-state index contributed by atoms with van der Waals surface area (Å²) < 4.78 is 31.8. The molecule has 1 aromatic carbocycles. The van der Waals surface area contributed by atoms with Crippen molar-refractivity contribution >= 4 is 46.3 Å². The van der Waals surface area contributed by atoms with Gasteiger partial charge in [0.1, 0.15) is 20.6 Å². The highest BCUT2D eigenvalue weighted by Gasteiger charge is 2.28. The van der Waals surface area contributed by atoms with E-state index in [9.17, 15) is 23.6 Å². The number of nitrogens with zero attached hydrogens (tertiary/aromatic N) is 3. The van der Waals surface area contributed by atoms with E-state index in [4.69, 9.17) is 11.7 Å². The minimum Gasteiger partial charge on any atom is -0.390 e. The number of amides is 1. The Morgan fingerprint density at radius 2 is 1.94 bits per heavy atom. The third-order valence-corrected chi connectivity index (χ3v) is 8.33. The summed E-state index contributed by atoms with van der Waals surface area (Å²) in [6.07, 6.45) is -0.351. The van der Waals surface area contributed by atoms with Gasteiger partial charge in [-0.1, -0.05) is 33.3 Å². The molecule has 1 unspecified atom stereocenters. The molecule has 0 aliphatic heterocycles. The van der Waals surface area contributed by atoms with Gasteiger partial charge in [-0.05, 0) is 42.9 Å². The van der Waals surface area contributed by atoms with Crippen molar-refractivity contribution in [1.82, 2.24) is 4.98 Å². The highest BCUT2D eigenvalue weighted by molar-refractivity contribution is 7.93. The molecule has 0 aliphatic rings. The first-order chi connectivity index (χ1) is 15.1. The van der Waals surface area contributed by atoms with Crippen molar-refractivity contribution in [1.29, 1.82) is 0 Å². The Hall–Kier alpha value is -1.88. The monoisotopic (exact) mass is 530 g/mol. The standard InChI is InChI=1S/C22H29FN4O4S2.H2S/c1-11(2)13-8-15(25-7)19(23)18(12(3)4)14(13)9-17(29)27-33(24,31)20-16(10-28)26-21(32-20)22(5,6)30;/h8,11-12,28,30H,9-10H2,1-6H3,(H2,24,27,29,31);1H2. The van der Waals surface area contributed by atoms with Crippen molar-refractivity contribution in [2.75, 3.05) is 0 Å². The second-order valence-corrected chi connectivity index (χ2v) is 11.8. The highest BCUT2D eigenvalue weighted by atomic mass is 32.2. The SMILES string of the molecule is S.[C-]#[N+]c1cc(C(C)C)c(CC(=O)N=S(N)(=O)c2sc(C(C)(C)O)nc2CO)c(C(C)C)c1F. The summed E-state index contributed by atoms with van der Waals surface area (Å²) in [5, 5.41) is 25.8. The van der Waals surface area contributed by atoms with Crippen LogP contribution in [-0.2, 0) is 33.3 Å². The van der Waals surface area contributed by atoms with Gasteiger partial charge in [0.05, 0.1) is 25.3 Å². The van der Waals surface area contributed by atoms with Gasteiger partial charge in [-0.25, -0.2) is 23.6 Å². The molecular weight excluding hydrogens is 499 g/mol. The Bertz CT molecular complexity index is 1230. The molecule has 0 bridgehead atoms. The zero-order chi connectivity index (χ0) is 25.3. The number of hydrogen-bond acceptors (Lipinski definition) is 6. The fraction of sp³-hybridized carbons (Fsp3) is 0.500. The Labute approximate surface area is 211 Å². The lowest BCUT2D eigenvalue weighted by Crippen LogP contribution is -2.17. The van der Waals surface area contributed by atoms with E-state index in [0.29, 0.717) is 11.1 Å². The molecule has 0 saturated heterocycles. The summed E-state index contributed by atoms with van der Waals surface area (Å²) >= 11 is 0.809. The van der Waals surface area contributed by atoms with E-state index in [1.165, 1.54) is 19.9 Å². The normalized spacial score (nSPS) is 13.4. The second-order valence-electron chi connectivity index (χ2n) is 8.81. The van der Waals surface area contributed by atoms with Crippen LogP contribution in [0, 0.1) is 12.4 Å². The number of aromatic nitrogens is 1. The lowest BCUT2D eigenvalue weighted by atomic mass is 9.86.